The fraction of sp³-hybridized carbons (Fsp3) is 0.412. The van der Waals surface area contributed by atoms with Crippen LogP contribution in [0.5, 0.6) is 11.5 Å². The van der Waals surface area contributed by atoms with Gasteiger partial charge in [0.1, 0.15) is 0 Å². The Morgan fingerprint density at radius 1 is 1.38 bits per heavy atom. The number of hydrogen-bond donors (Lipinski definition) is 1. The summed E-state index contributed by atoms with van der Waals surface area (Å²) in [5.74, 6) is 0.771. The quantitative estimate of drug-likeness (QED) is 0.866. The van der Waals surface area contributed by atoms with Crippen LogP contribution in [0.15, 0.2) is 24.4 Å². The van der Waals surface area contributed by atoms with Gasteiger partial charge >= 0.3 is 0 Å². The molecule has 1 aliphatic heterocycles. The molecule has 0 saturated carbocycles. The molecule has 7 heteroatoms. The summed E-state index contributed by atoms with van der Waals surface area (Å²) >= 11 is 0. The van der Waals surface area contributed by atoms with Crippen molar-refractivity contribution in [3.05, 3.63) is 41.2 Å². The minimum atomic E-state index is -0.199. The van der Waals surface area contributed by atoms with Crippen LogP contribution in [0, 0.1) is 0 Å². The van der Waals surface area contributed by atoms with Crippen LogP contribution in [0.2, 0.25) is 0 Å². The highest BCUT2D eigenvalue weighted by atomic mass is 16.5. The lowest BCUT2D eigenvalue weighted by Gasteiger charge is -2.15. The van der Waals surface area contributed by atoms with Crippen molar-refractivity contribution in [3.63, 3.8) is 0 Å². The van der Waals surface area contributed by atoms with E-state index in [9.17, 15) is 4.79 Å². The Morgan fingerprint density at radius 3 is 3.04 bits per heavy atom. The van der Waals surface area contributed by atoms with Crippen molar-refractivity contribution in [2.45, 2.75) is 19.6 Å². The van der Waals surface area contributed by atoms with Crippen molar-refractivity contribution in [2.24, 2.45) is 0 Å². The zero-order valence-electron chi connectivity index (χ0n) is 13.9. The van der Waals surface area contributed by atoms with Gasteiger partial charge in [0.2, 0.25) is 0 Å². The maximum absolute atomic E-state index is 12.4. The van der Waals surface area contributed by atoms with E-state index in [1.54, 1.807) is 25.3 Å². The molecule has 2 heterocycles. The number of nitrogens with one attached hydrogen (secondary N) is 1. The molecule has 128 valence electrons. The molecule has 1 aromatic heterocycles. The Bertz CT molecular complexity index is 727. The van der Waals surface area contributed by atoms with Crippen LogP contribution >= 0.6 is 0 Å². The Morgan fingerprint density at radius 2 is 2.25 bits per heavy atom. The van der Waals surface area contributed by atoms with Gasteiger partial charge in [0.05, 0.1) is 45.7 Å². The van der Waals surface area contributed by atoms with Crippen molar-refractivity contribution in [1.29, 1.82) is 0 Å². The van der Waals surface area contributed by atoms with Gasteiger partial charge in [0.25, 0.3) is 5.91 Å². The van der Waals surface area contributed by atoms with Crippen molar-refractivity contribution < 1.29 is 19.0 Å². The van der Waals surface area contributed by atoms with Gasteiger partial charge in [-0.15, -0.1) is 0 Å². The number of rotatable bonds is 6. The highest BCUT2D eigenvalue weighted by Crippen LogP contribution is 2.30. The summed E-state index contributed by atoms with van der Waals surface area (Å²) in [4.78, 5) is 12.4. The number of methoxy groups -OCH3 is 2. The average Bonchev–Trinajstić information content (AvgIpc) is 3.04. The van der Waals surface area contributed by atoms with Gasteiger partial charge in [0, 0.05) is 24.2 Å². The second-order valence-corrected chi connectivity index (χ2v) is 5.44. The lowest BCUT2D eigenvalue weighted by molar-refractivity contribution is 0.0946. The number of benzene rings is 1. The Balaban J connectivity index is 1.63. The molecule has 2 aromatic rings. The second kappa shape index (κ2) is 7.35. The molecule has 0 bridgehead atoms. The molecule has 1 N–H and O–H groups in total. The summed E-state index contributed by atoms with van der Waals surface area (Å²) in [5, 5.41) is 7.27. The van der Waals surface area contributed by atoms with E-state index < -0.39 is 0 Å². The standard InChI is InChI=1S/C17H21N3O4/c1-22-15-5-3-4-13(16(15)23-2)17(21)18-7-8-20-14-6-9-24-11-12(14)10-19-20/h3-5,10H,6-9,11H2,1-2H3,(H,18,21). The summed E-state index contributed by atoms with van der Waals surface area (Å²) in [7, 11) is 3.07. The van der Waals surface area contributed by atoms with E-state index in [4.69, 9.17) is 14.2 Å². The fourth-order valence-corrected chi connectivity index (χ4v) is 2.84. The molecule has 7 nitrogen and oxygen atoms in total. The normalized spacial score (nSPS) is 13.2. The van der Waals surface area contributed by atoms with Gasteiger partial charge in [-0.05, 0) is 12.1 Å². The van der Waals surface area contributed by atoms with E-state index in [0.29, 0.717) is 43.4 Å². The molecule has 1 amide bonds. The monoisotopic (exact) mass is 331 g/mol. The average molecular weight is 331 g/mol. The lowest BCUT2D eigenvalue weighted by Crippen LogP contribution is -2.28. The number of fused-ring (bicyclic) bond motifs is 1. The SMILES string of the molecule is COc1cccc(C(=O)NCCn2ncc3c2CCOC3)c1OC. The van der Waals surface area contributed by atoms with Crippen LogP contribution in [-0.2, 0) is 24.3 Å². The molecule has 0 unspecified atom stereocenters. The number of carbonyl (C=O) groups is 1. The molecule has 1 aromatic carbocycles. The molecule has 0 atom stereocenters. The highest BCUT2D eigenvalue weighted by molar-refractivity contribution is 5.97. The molecule has 0 fully saturated rings. The number of amides is 1. The highest BCUT2D eigenvalue weighted by Gasteiger charge is 2.17. The third-order valence-corrected chi connectivity index (χ3v) is 4.03. The first kappa shape index (κ1) is 16.3. The van der Waals surface area contributed by atoms with Gasteiger partial charge in [-0.1, -0.05) is 6.07 Å². The minimum Gasteiger partial charge on any atom is -0.493 e. The van der Waals surface area contributed by atoms with Gasteiger partial charge in [-0.2, -0.15) is 5.10 Å². The van der Waals surface area contributed by atoms with Crippen LogP contribution in [0.1, 0.15) is 21.6 Å². The van der Waals surface area contributed by atoms with E-state index in [1.165, 1.54) is 12.8 Å². The summed E-state index contributed by atoms with van der Waals surface area (Å²) < 4.78 is 17.9. The van der Waals surface area contributed by atoms with Crippen molar-refractivity contribution in [2.75, 3.05) is 27.4 Å². The predicted octanol–water partition coefficient (Wildman–Crippen LogP) is 1.40. The first-order valence-corrected chi connectivity index (χ1v) is 7.85. The van der Waals surface area contributed by atoms with Gasteiger partial charge < -0.3 is 19.5 Å². The summed E-state index contributed by atoms with van der Waals surface area (Å²) in [6.07, 6.45) is 2.69. The van der Waals surface area contributed by atoms with Gasteiger partial charge in [0.15, 0.2) is 11.5 Å². The van der Waals surface area contributed by atoms with E-state index >= 15 is 0 Å². The fourth-order valence-electron chi connectivity index (χ4n) is 2.84. The molecule has 0 saturated heterocycles. The molecular weight excluding hydrogens is 310 g/mol. The van der Waals surface area contributed by atoms with Crippen molar-refractivity contribution in [3.8, 4) is 11.5 Å². The number of carbonyl (C=O) groups excluding carboxylic acids is 1. The van der Waals surface area contributed by atoms with Crippen molar-refractivity contribution >= 4 is 5.91 Å². The zero-order valence-corrected chi connectivity index (χ0v) is 13.9. The number of hydrogen-bond acceptors (Lipinski definition) is 5. The van der Waals surface area contributed by atoms with Crippen LogP contribution in [-0.4, -0.2) is 43.1 Å². The molecule has 3 rings (SSSR count). The van der Waals surface area contributed by atoms with E-state index in [2.05, 4.69) is 10.4 Å². The lowest BCUT2D eigenvalue weighted by atomic mass is 10.1. The first-order chi connectivity index (χ1) is 11.7. The van der Waals surface area contributed by atoms with Crippen LogP contribution in [0.25, 0.3) is 0 Å². The van der Waals surface area contributed by atoms with Crippen molar-refractivity contribution in [1.82, 2.24) is 15.1 Å². The zero-order chi connectivity index (χ0) is 16.9. The number of aromatic nitrogens is 2. The molecule has 1 aliphatic rings. The summed E-state index contributed by atoms with van der Waals surface area (Å²) in [6, 6.07) is 5.23. The summed E-state index contributed by atoms with van der Waals surface area (Å²) in [5.41, 5.74) is 2.77. The van der Waals surface area contributed by atoms with Crippen LogP contribution < -0.4 is 14.8 Å². The number of para-hydroxylation sites is 1. The van der Waals surface area contributed by atoms with Gasteiger partial charge in [-0.3, -0.25) is 9.48 Å². The Kier molecular flexibility index (Phi) is 5.00. The smallest absolute Gasteiger partial charge is 0.255 e. The van der Waals surface area contributed by atoms with E-state index in [0.717, 1.165) is 12.0 Å². The Labute approximate surface area is 140 Å². The topological polar surface area (TPSA) is 74.6 Å². The molecule has 0 radical (unpaired) electrons. The third-order valence-electron chi connectivity index (χ3n) is 4.03. The molecule has 0 spiro atoms. The largest absolute Gasteiger partial charge is 0.493 e. The van der Waals surface area contributed by atoms with E-state index in [-0.39, 0.29) is 5.91 Å². The third kappa shape index (κ3) is 3.21. The molecule has 0 aliphatic carbocycles. The summed E-state index contributed by atoms with van der Waals surface area (Å²) in [6.45, 7) is 2.43. The molecule has 24 heavy (non-hydrogen) atoms. The van der Waals surface area contributed by atoms with Crippen LogP contribution in [0.3, 0.4) is 0 Å². The number of ether oxygens (including phenoxy) is 3. The number of nitrogens with zero attached hydrogens (tertiary/aromatic N) is 2. The Hall–Kier alpha value is -2.54. The maximum Gasteiger partial charge on any atom is 0.255 e. The van der Waals surface area contributed by atoms with Crippen LogP contribution in [0.4, 0.5) is 0 Å². The van der Waals surface area contributed by atoms with Gasteiger partial charge in [-0.25, -0.2) is 0 Å². The van der Waals surface area contributed by atoms with E-state index in [1.807, 2.05) is 10.9 Å². The maximum atomic E-state index is 12.4. The minimum absolute atomic E-state index is 0.199. The first-order valence-electron chi connectivity index (χ1n) is 7.85. The predicted molar refractivity (Wildman–Crippen MR) is 87.5 cm³/mol. The molecular formula is C17H21N3O4. The second-order valence-electron chi connectivity index (χ2n) is 5.44.